The number of aryl methyl sites for hydroxylation is 2. The minimum Gasteiger partial charge on any atom is -0.368 e. The first-order valence-electron chi connectivity index (χ1n) is 11.2. The zero-order chi connectivity index (χ0) is 22.9. The molecule has 172 valence electrons. The van der Waals surface area contributed by atoms with E-state index in [1.165, 1.54) is 4.31 Å². The van der Waals surface area contributed by atoms with Gasteiger partial charge >= 0.3 is 10.2 Å². The minimum absolute atomic E-state index is 0.116. The van der Waals surface area contributed by atoms with Crippen LogP contribution in [0.1, 0.15) is 30.0 Å². The summed E-state index contributed by atoms with van der Waals surface area (Å²) in [7, 11) is -1.98. The van der Waals surface area contributed by atoms with Crippen molar-refractivity contribution in [3.05, 3.63) is 59.2 Å². The van der Waals surface area contributed by atoms with Crippen molar-refractivity contribution in [1.82, 2.24) is 9.21 Å². The van der Waals surface area contributed by atoms with Crippen LogP contribution >= 0.6 is 0 Å². The van der Waals surface area contributed by atoms with Crippen LogP contribution < -0.4 is 9.21 Å². The minimum atomic E-state index is -3.64. The average molecular weight is 457 g/mol. The van der Waals surface area contributed by atoms with Gasteiger partial charge in [-0.1, -0.05) is 24.3 Å². The molecule has 7 nitrogen and oxygen atoms in total. The lowest BCUT2D eigenvalue weighted by molar-refractivity contribution is -0.129. The van der Waals surface area contributed by atoms with Gasteiger partial charge in [-0.3, -0.25) is 9.10 Å². The van der Waals surface area contributed by atoms with E-state index in [0.717, 1.165) is 67.1 Å². The van der Waals surface area contributed by atoms with Crippen LogP contribution in [0.3, 0.4) is 0 Å². The molecular weight excluding hydrogens is 424 g/mol. The number of benzene rings is 2. The second kappa shape index (κ2) is 9.11. The molecular formula is C24H32N4O3S. The summed E-state index contributed by atoms with van der Waals surface area (Å²) in [5.74, 6) is 0.116. The Morgan fingerprint density at radius 2 is 1.75 bits per heavy atom. The van der Waals surface area contributed by atoms with Gasteiger partial charge in [-0.15, -0.1) is 0 Å². The first-order valence-corrected chi connectivity index (χ1v) is 12.6. The van der Waals surface area contributed by atoms with E-state index in [1.54, 1.807) is 18.3 Å². The van der Waals surface area contributed by atoms with E-state index >= 15 is 0 Å². The van der Waals surface area contributed by atoms with Crippen molar-refractivity contribution in [2.45, 2.75) is 33.2 Å². The number of piperazine rings is 1. The Bertz CT molecular complexity index is 1090. The largest absolute Gasteiger partial charge is 0.368 e. The molecule has 4 rings (SSSR count). The van der Waals surface area contributed by atoms with Gasteiger partial charge in [-0.25, -0.2) is 0 Å². The van der Waals surface area contributed by atoms with Crippen molar-refractivity contribution < 1.29 is 13.2 Å². The van der Waals surface area contributed by atoms with Gasteiger partial charge in [0.2, 0.25) is 5.91 Å². The molecule has 2 aromatic carbocycles. The Balaban J connectivity index is 1.53. The van der Waals surface area contributed by atoms with Crippen molar-refractivity contribution in [2.75, 3.05) is 49.0 Å². The zero-order valence-corrected chi connectivity index (χ0v) is 19.9. The van der Waals surface area contributed by atoms with E-state index in [1.807, 2.05) is 48.2 Å². The van der Waals surface area contributed by atoms with Gasteiger partial charge < -0.3 is 9.80 Å². The summed E-state index contributed by atoms with van der Waals surface area (Å²) >= 11 is 0. The summed E-state index contributed by atoms with van der Waals surface area (Å²) < 4.78 is 29.9. The smallest absolute Gasteiger partial charge is 0.304 e. The highest BCUT2D eigenvalue weighted by Gasteiger charge is 2.31. The third-order valence-corrected chi connectivity index (χ3v) is 8.41. The molecule has 2 aromatic rings. The topological polar surface area (TPSA) is 64.2 Å². The van der Waals surface area contributed by atoms with Gasteiger partial charge in [0.25, 0.3) is 0 Å². The molecule has 0 N–H and O–H groups in total. The Labute approximate surface area is 191 Å². The fraction of sp³-hybridized carbons (Fsp3) is 0.458. The quantitative estimate of drug-likeness (QED) is 0.694. The van der Waals surface area contributed by atoms with Crippen molar-refractivity contribution in [3.63, 3.8) is 0 Å². The molecule has 0 unspecified atom stereocenters. The molecule has 2 aliphatic rings. The maximum absolute atomic E-state index is 13.5. The molecule has 0 atom stereocenters. The number of anilines is 2. The van der Waals surface area contributed by atoms with Gasteiger partial charge in [-0.05, 0) is 54.7 Å². The number of hydrogen-bond donors (Lipinski definition) is 0. The lowest BCUT2D eigenvalue weighted by atomic mass is 10.0. The van der Waals surface area contributed by atoms with Gasteiger partial charge in [0.15, 0.2) is 0 Å². The fourth-order valence-electron chi connectivity index (χ4n) is 4.54. The highest BCUT2D eigenvalue weighted by Crippen LogP contribution is 2.34. The van der Waals surface area contributed by atoms with Gasteiger partial charge in [-0.2, -0.15) is 12.7 Å². The molecule has 0 aliphatic carbocycles. The van der Waals surface area contributed by atoms with Gasteiger partial charge in [0, 0.05) is 58.9 Å². The van der Waals surface area contributed by atoms with Gasteiger partial charge in [0.1, 0.15) is 0 Å². The van der Waals surface area contributed by atoms with E-state index in [0.29, 0.717) is 13.1 Å². The molecule has 0 spiro atoms. The van der Waals surface area contributed by atoms with Crippen molar-refractivity contribution in [3.8, 4) is 0 Å². The van der Waals surface area contributed by atoms with Crippen LogP contribution in [-0.2, 0) is 28.0 Å². The maximum atomic E-state index is 13.5. The highest BCUT2D eigenvalue weighted by molar-refractivity contribution is 7.90. The summed E-state index contributed by atoms with van der Waals surface area (Å²) in [6, 6.07) is 14.0. The van der Waals surface area contributed by atoms with E-state index in [4.69, 9.17) is 0 Å². The van der Waals surface area contributed by atoms with Crippen molar-refractivity contribution in [1.29, 1.82) is 0 Å². The molecule has 2 heterocycles. The number of hydrogen-bond acceptors (Lipinski definition) is 4. The lowest BCUT2D eigenvalue weighted by Gasteiger charge is -2.37. The average Bonchev–Trinajstić information content (AvgIpc) is 2.79. The van der Waals surface area contributed by atoms with E-state index in [-0.39, 0.29) is 5.91 Å². The lowest BCUT2D eigenvalue weighted by Crippen LogP contribution is -2.48. The van der Waals surface area contributed by atoms with E-state index in [2.05, 4.69) is 11.0 Å². The number of carbonyl (C=O) groups is 1. The number of amides is 1. The summed E-state index contributed by atoms with van der Waals surface area (Å²) in [6.45, 7) is 7.47. The number of carbonyl (C=O) groups excluding carboxylic acids is 1. The van der Waals surface area contributed by atoms with Crippen LogP contribution in [0.15, 0.2) is 42.5 Å². The first kappa shape index (κ1) is 22.6. The molecule has 0 bridgehead atoms. The third kappa shape index (κ3) is 4.47. The predicted octanol–water partition coefficient (Wildman–Crippen LogP) is 2.79. The van der Waals surface area contributed by atoms with Crippen LogP contribution in [0.5, 0.6) is 0 Å². The normalized spacial score (nSPS) is 16.9. The summed E-state index contributed by atoms with van der Waals surface area (Å²) in [6.07, 6.45) is 1.66. The Hall–Kier alpha value is -2.58. The van der Waals surface area contributed by atoms with Crippen molar-refractivity contribution in [2.24, 2.45) is 0 Å². The monoisotopic (exact) mass is 456 g/mol. The molecule has 0 radical (unpaired) electrons. The summed E-state index contributed by atoms with van der Waals surface area (Å²) in [5, 5.41) is 0. The third-order valence-electron chi connectivity index (χ3n) is 6.56. The zero-order valence-electron chi connectivity index (χ0n) is 19.1. The second-order valence-corrected chi connectivity index (χ2v) is 10.6. The summed E-state index contributed by atoms with van der Waals surface area (Å²) in [4.78, 5) is 15.7. The number of rotatable bonds is 5. The predicted molar refractivity (Wildman–Crippen MR) is 128 cm³/mol. The molecule has 1 amide bonds. The Morgan fingerprint density at radius 3 is 2.44 bits per heavy atom. The van der Waals surface area contributed by atoms with Gasteiger partial charge in [0.05, 0.1) is 5.69 Å². The second-order valence-electron chi connectivity index (χ2n) is 8.67. The molecule has 1 saturated heterocycles. The van der Waals surface area contributed by atoms with Crippen LogP contribution in [0.2, 0.25) is 0 Å². The fourth-order valence-corrected chi connectivity index (χ4v) is 5.97. The first-order chi connectivity index (χ1) is 15.3. The molecule has 32 heavy (non-hydrogen) atoms. The van der Waals surface area contributed by atoms with Crippen molar-refractivity contribution >= 4 is 27.5 Å². The van der Waals surface area contributed by atoms with E-state index < -0.39 is 10.2 Å². The Kier molecular flexibility index (Phi) is 6.44. The van der Waals surface area contributed by atoms with Crippen LogP contribution in [-0.4, -0.2) is 63.3 Å². The van der Waals surface area contributed by atoms with Crippen LogP contribution in [0, 0.1) is 6.92 Å². The number of fused-ring (bicyclic) bond motifs is 1. The van der Waals surface area contributed by atoms with Crippen LogP contribution in [0.4, 0.5) is 11.4 Å². The SMILES string of the molecule is CC(=O)N1CCN(c2ccc3c(c2)CCCN3S(=O)(=O)N(C)Cc2ccccc2C)CC1. The molecule has 0 saturated carbocycles. The highest BCUT2D eigenvalue weighted by atomic mass is 32.2. The standard InChI is InChI=1S/C24H32N4O3S/c1-19-7-4-5-8-22(19)18-25(3)32(30,31)28-12-6-9-21-17-23(10-11-24(21)28)27-15-13-26(14-16-27)20(2)29/h4-5,7-8,10-11,17H,6,9,12-16,18H2,1-3H3. The molecule has 2 aliphatic heterocycles. The molecule has 0 aromatic heterocycles. The van der Waals surface area contributed by atoms with Crippen LogP contribution in [0.25, 0.3) is 0 Å². The molecule has 1 fully saturated rings. The van der Waals surface area contributed by atoms with E-state index in [9.17, 15) is 13.2 Å². The summed E-state index contributed by atoms with van der Waals surface area (Å²) in [5.41, 5.74) is 5.04. The molecule has 8 heteroatoms. The Morgan fingerprint density at radius 1 is 1.03 bits per heavy atom. The number of nitrogens with zero attached hydrogens (tertiary/aromatic N) is 4. The maximum Gasteiger partial charge on any atom is 0.304 e.